The van der Waals surface area contributed by atoms with Crippen LogP contribution in [0.5, 0.6) is 11.5 Å². The van der Waals surface area contributed by atoms with Gasteiger partial charge in [0, 0.05) is 6.54 Å². The quantitative estimate of drug-likeness (QED) is 0.270. The molecule has 0 spiro atoms. The monoisotopic (exact) mass is 506 g/mol. The van der Waals surface area contributed by atoms with Crippen LogP contribution in [0.25, 0.3) is 0 Å². The number of nitrogens with one attached hydrogen (secondary N) is 2. The lowest BCUT2D eigenvalue weighted by Crippen LogP contribution is -2.36. The molecule has 0 aliphatic rings. The van der Waals surface area contributed by atoms with Crippen molar-refractivity contribution in [2.75, 3.05) is 6.54 Å². The van der Waals surface area contributed by atoms with E-state index < -0.39 is 0 Å². The Morgan fingerprint density at radius 1 is 1.03 bits per heavy atom. The van der Waals surface area contributed by atoms with Crippen LogP contribution in [0.4, 0.5) is 0 Å². The summed E-state index contributed by atoms with van der Waals surface area (Å²) in [7, 11) is 0. The lowest BCUT2D eigenvalue weighted by molar-refractivity contribution is 0.463. The van der Waals surface area contributed by atoms with Crippen molar-refractivity contribution in [3.05, 3.63) is 77.5 Å². The third kappa shape index (κ3) is 7.08. The molecular formula is C22H27IN4O2. The fourth-order valence-electron chi connectivity index (χ4n) is 2.62. The zero-order chi connectivity index (χ0) is 19.8. The number of oxazole rings is 1. The van der Waals surface area contributed by atoms with Gasteiger partial charge in [0.15, 0.2) is 5.96 Å². The highest BCUT2D eigenvalue weighted by atomic mass is 127. The molecule has 0 aliphatic carbocycles. The lowest BCUT2D eigenvalue weighted by Gasteiger charge is -2.10. The first-order chi connectivity index (χ1) is 13.6. The molecule has 2 N–H and O–H groups in total. The molecule has 6 nitrogen and oxygen atoms in total. The van der Waals surface area contributed by atoms with E-state index in [9.17, 15) is 0 Å². The van der Waals surface area contributed by atoms with Crippen LogP contribution in [-0.2, 0) is 13.1 Å². The molecule has 0 radical (unpaired) electrons. The number of guanidine groups is 1. The topological polar surface area (TPSA) is 71.7 Å². The Balaban J connectivity index is 0.00000300. The van der Waals surface area contributed by atoms with E-state index in [1.807, 2.05) is 75.4 Å². The third-order valence-electron chi connectivity index (χ3n) is 4.12. The molecule has 0 fully saturated rings. The normalized spacial score (nSPS) is 10.9. The first kappa shape index (κ1) is 22.7. The number of aliphatic imine (C=N–C) groups is 1. The molecule has 2 aromatic carbocycles. The summed E-state index contributed by atoms with van der Waals surface area (Å²) in [5, 5.41) is 6.49. The van der Waals surface area contributed by atoms with Crippen LogP contribution in [0.2, 0.25) is 0 Å². The predicted octanol–water partition coefficient (Wildman–Crippen LogP) is 4.96. The van der Waals surface area contributed by atoms with Gasteiger partial charge in [0.2, 0.25) is 5.89 Å². The minimum Gasteiger partial charge on any atom is -0.457 e. The fraction of sp³-hybridized carbons (Fsp3) is 0.273. The molecule has 0 amide bonds. The average Bonchev–Trinajstić information content (AvgIpc) is 3.03. The average molecular weight is 506 g/mol. The highest BCUT2D eigenvalue weighted by Gasteiger charge is 2.06. The Morgan fingerprint density at radius 3 is 2.48 bits per heavy atom. The van der Waals surface area contributed by atoms with Gasteiger partial charge in [-0.25, -0.2) is 9.98 Å². The second-order valence-corrected chi connectivity index (χ2v) is 6.36. The largest absolute Gasteiger partial charge is 0.457 e. The number of aryl methyl sites for hydroxylation is 2. The molecule has 0 saturated heterocycles. The summed E-state index contributed by atoms with van der Waals surface area (Å²) in [5.74, 6) is 3.82. The van der Waals surface area contributed by atoms with Gasteiger partial charge < -0.3 is 19.8 Å². The maximum absolute atomic E-state index is 5.89. The highest BCUT2D eigenvalue weighted by Crippen LogP contribution is 2.22. The van der Waals surface area contributed by atoms with Gasteiger partial charge in [-0.1, -0.05) is 30.3 Å². The number of para-hydroxylation sites is 1. The van der Waals surface area contributed by atoms with Crippen molar-refractivity contribution in [1.29, 1.82) is 0 Å². The fourth-order valence-corrected chi connectivity index (χ4v) is 2.62. The Labute approximate surface area is 188 Å². The minimum atomic E-state index is 0. The van der Waals surface area contributed by atoms with Crippen molar-refractivity contribution in [1.82, 2.24) is 15.6 Å². The van der Waals surface area contributed by atoms with E-state index in [-0.39, 0.29) is 24.0 Å². The van der Waals surface area contributed by atoms with E-state index in [0.717, 1.165) is 35.1 Å². The van der Waals surface area contributed by atoms with Gasteiger partial charge in [-0.05, 0) is 50.6 Å². The smallest absolute Gasteiger partial charge is 0.214 e. The summed E-state index contributed by atoms with van der Waals surface area (Å²) in [6.07, 6.45) is 0. The van der Waals surface area contributed by atoms with E-state index in [2.05, 4.69) is 20.6 Å². The molecule has 3 rings (SSSR count). The van der Waals surface area contributed by atoms with E-state index in [1.54, 1.807) is 0 Å². The Morgan fingerprint density at radius 2 is 1.79 bits per heavy atom. The first-order valence-electron chi connectivity index (χ1n) is 9.41. The number of benzene rings is 2. The number of nitrogens with zero attached hydrogens (tertiary/aromatic N) is 2. The summed E-state index contributed by atoms with van der Waals surface area (Å²) >= 11 is 0. The minimum absolute atomic E-state index is 0. The standard InChI is InChI=1S/C22H26N4O2.HI/c1-4-23-22(25-15-21-26-16(2)17(3)27-21)24-14-18-9-8-12-20(13-18)28-19-10-6-5-7-11-19;/h5-13H,4,14-15H2,1-3H3,(H2,23,24,25);1H. The van der Waals surface area contributed by atoms with Gasteiger partial charge in [0.05, 0.1) is 18.8 Å². The maximum atomic E-state index is 5.89. The van der Waals surface area contributed by atoms with Gasteiger partial charge in [0.1, 0.15) is 17.3 Å². The van der Waals surface area contributed by atoms with Crippen molar-refractivity contribution in [3.63, 3.8) is 0 Å². The summed E-state index contributed by atoms with van der Waals surface area (Å²) in [6.45, 7) is 7.67. The molecule has 1 heterocycles. The summed E-state index contributed by atoms with van der Waals surface area (Å²) in [4.78, 5) is 9.03. The zero-order valence-corrected chi connectivity index (χ0v) is 19.3. The van der Waals surface area contributed by atoms with E-state index in [1.165, 1.54) is 0 Å². The number of hydrogen-bond acceptors (Lipinski definition) is 4. The van der Waals surface area contributed by atoms with Crippen LogP contribution in [0.3, 0.4) is 0 Å². The van der Waals surface area contributed by atoms with Crippen molar-refractivity contribution in [2.24, 2.45) is 4.99 Å². The molecule has 0 atom stereocenters. The lowest BCUT2D eigenvalue weighted by atomic mass is 10.2. The van der Waals surface area contributed by atoms with Crippen LogP contribution in [0, 0.1) is 13.8 Å². The molecule has 7 heteroatoms. The number of hydrogen-bond donors (Lipinski definition) is 2. The molecule has 3 aromatic rings. The Kier molecular flexibility index (Phi) is 8.98. The molecule has 1 aromatic heterocycles. The van der Waals surface area contributed by atoms with Crippen molar-refractivity contribution in [3.8, 4) is 11.5 Å². The first-order valence-corrected chi connectivity index (χ1v) is 9.41. The number of ether oxygens (including phenoxy) is 1. The van der Waals surface area contributed by atoms with E-state index in [0.29, 0.717) is 24.9 Å². The van der Waals surface area contributed by atoms with E-state index >= 15 is 0 Å². The summed E-state index contributed by atoms with van der Waals surface area (Å²) in [5.41, 5.74) is 1.97. The van der Waals surface area contributed by atoms with Gasteiger partial charge in [0.25, 0.3) is 0 Å². The van der Waals surface area contributed by atoms with Crippen LogP contribution in [0.1, 0.15) is 29.8 Å². The van der Waals surface area contributed by atoms with Crippen LogP contribution in [-0.4, -0.2) is 17.5 Å². The third-order valence-corrected chi connectivity index (χ3v) is 4.12. The second-order valence-electron chi connectivity index (χ2n) is 6.36. The summed E-state index contributed by atoms with van der Waals surface area (Å²) in [6, 6.07) is 17.7. The van der Waals surface area contributed by atoms with E-state index in [4.69, 9.17) is 9.15 Å². The van der Waals surface area contributed by atoms with Crippen molar-refractivity contribution < 1.29 is 9.15 Å². The SMILES string of the molecule is CCNC(=NCc1cccc(Oc2ccccc2)c1)NCc1nc(C)c(C)o1.I. The number of aromatic nitrogens is 1. The highest BCUT2D eigenvalue weighted by molar-refractivity contribution is 14.0. The number of rotatable bonds is 7. The molecule has 29 heavy (non-hydrogen) atoms. The zero-order valence-electron chi connectivity index (χ0n) is 16.9. The second kappa shape index (κ2) is 11.5. The van der Waals surface area contributed by atoms with Crippen LogP contribution in [0.15, 0.2) is 64.0 Å². The molecule has 0 unspecified atom stereocenters. The van der Waals surface area contributed by atoms with Crippen LogP contribution >= 0.6 is 24.0 Å². The van der Waals surface area contributed by atoms with Gasteiger partial charge >= 0.3 is 0 Å². The van der Waals surface area contributed by atoms with Gasteiger partial charge in [-0.3, -0.25) is 0 Å². The maximum Gasteiger partial charge on any atom is 0.214 e. The molecular weight excluding hydrogens is 479 g/mol. The van der Waals surface area contributed by atoms with Crippen molar-refractivity contribution >= 4 is 29.9 Å². The van der Waals surface area contributed by atoms with Gasteiger partial charge in [-0.15, -0.1) is 24.0 Å². The molecule has 0 aliphatic heterocycles. The van der Waals surface area contributed by atoms with Crippen LogP contribution < -0.4 is 15.4 Å². The molecule has 0 saturated carbocycles. The molecule has 0 bridgehead atoms. The molecule has 154 valence electrons. The Bertz CT molecular complexity index is 906. The van der Waals surface area contributed by atoms with Gasteiger partial charge in [-0.2, -0.15) is 0 Å². The predicted molar refractivity (Wildman–Crippen MR) is 126 cm³/mol. The Hall–Kier alpha value is -2.55. The summed E-state index contributed by atoms with van der Waals surface area (Å²) < 4.78 is 11.5. The van der Waals surface area contributed by atoms with Crippen molar-refractivity contribution in [2.45, 2.75) is 33.9 Å². The number of halogens is 1.